The molecule has 1 aromatic rings. The zero-order valence-corrected chi connectivity index (χ0v) is 14.6. The van der Waals surface area contributed by atoms with Crippen LogP contribution >= 0.6 is 0 Å². The lowest BCUT2D eigenvalue weighted by Crippen LogP contribution is -2.51. The van der Waals surface area contributed by atoms with E-state index in [-0.39, 0.29) is 19.0 Å². The quantitative estimate of drug-likeness (QED) is 0.843. The van der Waals surface area contributed by atoms with Gasteiger partial charge < -0.3 is 14.6 Å². The maximum atomic E-state index is 13.3. The molecule has 0 radical (unpaired) electrons. The Balaban J connectivity index is 1.63. The molecule has 1 saturated heterocycles. The van der Waals surface area contributed by atoms with Crippen LogP contribution in [0.15, 0.2) is 18.2 Å². The average molecular weight is 355 g/mol. The Bertz CT molecular complexity index is 543. The van der Waals surface area contributed by atoms with Crippen molar-refractivity contribution in [2.75, 3.05) is 32.9 Å². The van der Waals surface area contributed by atoms with E-state index in [0.29, 0.717) is 19.2 Å². The van der Waals surface area contributed by atoms with Crippen molar-refractivity contribution < 1.29 is 23.4 Å². The number of hydrogen-bond donors (Lipinski definition) is 1. The number of hydrogen-bond acceptors (Lipinski definition) is 4. The molecule has 0 unspecified atom stereocenters. The van der Waals surface area contributed by atoms with Crippen molar-refractivity contribution in [2.45, 2.75) is 50.2 Å². The smallest absolute Gasteiger partial charge is 0.134 e. The first-order valence-corrected chi connectivity index (χ1v) is 9.17. The zero-order chi connectivity index (χ0) is 17.7. The highest BCUT2D eigenvalue weighted by atomic mass is 19.1. The summed E-state index contributed by atoms with van der Waals surface area (Å²) >= 11 is 0. The lowest BCUT2D eigenvalue weighted by Gasteiger charge is -2.35. The lowest BCUT2D eigenvalue weighted by molar-refractivity contribution is -0.0676. The number of ether oxygens (including phenoxy) is 2. The third-order valence-corrected chi connectivity index (χ3v) is 5.08. The Morgan fingerprint density at radius 2 is 1.80 bits per heavy atom. The fraction of sp³-hybridized carbons (Fsp3) is 0.684. The Kier molecular flexibility index (Phi) is 6.25. The van der Waals surface area contributed by atoms with Gasteiger partial charge in [-0.2, -0.15) is 0 Å². The summed E-state index contributed by atoms with van der Waals surface area (Å²) in [6, 6.07) is 3.49. The highest BCUT2D eigenvalue weighted by Gasteiger charge is 2.36. The number of nitrogens with zero attached hydrogens (tertiary/aromatic N) is 1. The molecule has 25 heavy (non-hydrogen) atoms. The minimum atomic E-state index is -1.19. The summed E-state index contributed by atoms with van der Waals surface area (Å²) < 4.78 is 37.6. The summed E-state index contributed by atoms with van der Waals surface area (Å²) in [5.74, 6) is -1.31. The number of aliphatic hydroxyl groups is 1. The molecule has 0 aromatic heterocycles. The Hall–Kier alpha value is -1.24. The van der Waals surface area contributed by atoms with Crippen LogP contribution in [0, 0.1) is 11.6 Å². The average Bonchev–Trinajstić information content (AvgIpc) is 2.93. The summed E-state index contributed by atoms with van der Waals surface area (Å²) in [6.45, 7) is 1.93. The van der Waals surface area contributed by atoms with E-state index in [9.17, 15) is 13.9 Å². The Morgan fingerprint density at radius 3 is 2.48 bits per heavy atom. The van der Waals surface area contributed by atoms with Gasteiger partial charge in [-0.1, -0.05) is 25.7 Å². The molecule has 2 aliphatic rings. The predicted molar refractivity (Wildman–Crippen MR) is 90.7 cm³/mol. The molecule has 1 aliphatic carbocycles. The predicted octanol–water partition coefficient (Wildman–Crippen LogP) is 3.13. The molecule has 1 atom stereocenters. The molecule has 0 amide bonds. The van der Waals surface area contributed by atoms with E-state index < -0.39 is 17.2 Å². The van der Waals surface area contributed by atoms with Gasteiger partial charge >= 0.3 is 0 Å². The minimum absolute atomic E-state index is 0.0564. The first kappa shape index (κ1) is 18.5. The second kappa shape index (κ2) is 8.43. The van der Waals surface area contributed by atoms with Crippen molar-refractivity contribution >= 4 is 0 Å². The molecule has 1 heterocycles. The summed E-state index contributed by atoms with van der Waals surface area (Å²) in [6.07, 6.45) is 7.29. The molecule has 1 aromatic carbocycles. The molecular formula is C19H27F2NO3. The van der Waals surface area contributed by atoms with Crippen molar-refractivity contribution in [2.24, 2.45) is 0 Å². The molecular weight excluding hydrogens is 328 g/mol. The molecule has 0 spiro atoms. The fourth-order valence-corrected chi connectivity index (χ4v) is 3.80. The maximum absolute atomic E-state index is 13.3. The van der Waals surface area contributed by atoms with Crippen LogP contribution in [0.3, 0.4) is 0 Å². The van der Waals surface area contributed by atoms with E-state index in [0.717, 1.165) is 37.6 Å². The molecule has 4 nitrogen and oxygen atoms in total. The Morgan fingerprint density at radius 1 is 1.12 bits per heavy atom. The zero-order valence-electron chi connectivity index (χ0n) is 14.6. The highest BCUT2D eigenvalue weighted by Crippen LogP contribution is 2.25. The van der Waals surface area contributed by atoms with Gasteiger partial charge in [0.15, 0.2) is 0 Å². The van der Waals surface area contributed by atoms with Gasteiger partial charge in [-0.05, 0) is 12.8 Å². The van der Waals surface area contributed by atoms with Gasteiger partial charge in [0.05, 0.1) is 13.2 Å². The first-order chi connectivity index (χ1) is 12.0. The molecule has 1 aliphatic heterocycles. The van der Waals surface area contributed by atoms with Crippen molar-refractivity contribution in [1.82, 2.24) is 4.90 Å². The largest absolute Gasteiger partial charge is 0.490 e. The monoisotopic (exact) mass is 355 g/mol. The van der Waals surface area contributed by atoms with Crippen molar-refractivity contribution in [3.05, 3.63) is 29.8 Å². The molecule has 6 heteroatoms. The van der Waals surface area contributed by atoms with Gasteiger partial charge in [-0.15, -0.1) is 0 Å². The van der Waals surface area contributed by atoms with E-state index in [2.05, 4.69) is 4.90 Å². The SMILES string of the molecule is O[C@]1(COc2cc(F)cc(F)c2)COCCN(C2CCCCCC2)C1. The van der Waals surface area contributed by atoms with Crippen molar-refractivity contribution in [3.63, 3.8) is 0 Å². The fourth-order valence-electron chi connectivity index (χ4n) is 3.80. The van der Waals surface area contributed by atoms with Crippen LogP contribution in [0.5, 0.6) is 5.75 Å². The highest BCUT2D eigenvalue weighted by molar-refractivity contribution is 5.24. The molecule has 2 fully saturated rings. The van der Waals surface area contributed by atoms with Crippen LogP contribution in [0.1, 0.15) is 38.5 Å². The lowest BCUT2D eigenvalue weighted by atomic mass is 10.0. The first-order valence-electron chi connectivity index (χ1n) is 9.17. The third-order valence-electron chi connectivity index (χ3n) is 5.08. The van der Waals surface area contributed by atoms with Crippen LogP contribution in [0.4, 0.5) is 8.78 Å². The van der Waals surface area contributed by atoms with Crippen LogP contribution < -0.4 is 4.74 Å². The molecule has 0 bridgehead atoms. The van der Waals surface area contributed by atoms with E-state index in [4.69, 9.17) is 9.47 Å². The van der Waals surface area contributed by atoms with E-state index in [1.54, 1.807) is 0 Å². The van der Waals surface area contributed by atoms with Crippen LogP contribution in [-0.2, 0) is 4.74 Å². The number of β-amino-alcohol motifs (C(OH)–C–C–N with tert-alkyl or cyclic N) is 1. The number of halogens is 2. The summed E-state index contributed by atoms with van der Waals surface area (Å²) in [5, 5.41) is 10.9. The maximum Gasteiger partial charge on any atom is 0.134 e. The molecule has 1 N–H and O–H groups in total. The van der Waals surface area contributed by atoms with Gasteiger partial charge in [-0.3, -0.25) is 4.90 Å². The summed E-state index contributed by atoms with van der Waals surface area (Å²) in [7, 11) is 0. The Labute approximate surface area is 147 Å². The number of benzene rings is 1. The molecule has 140 valence electrons. The van der Waals surface area contributed by atoms with Crippen molar-refractivity contribution in [1.29, 1.82) is 0 Å². The third kappa shape index (κ3) is 5.36. The van der Waals surface area contributed by atoms with Gasteiger partial charge in [0.1, 0.15) is 29.6 Å². The topological polar surface area (TPSA) is 41.9 Å². The van der Waals surface area contributed by atoms with Gasteiger partial charge in [0.25, 0.3) is 0 Å². The van der Waals surface area contributed by atoms with Crippen molar-refractivity contribution in [3.8, 4) is 5.75 Å². The number of rotatable bonds is 4. The minimum Gasteiger partial charge on any atom is -0.490 e. The van der Waals surface area contributed by atoms with Gasteiger partial charge in [-0.25, -0.2) is 8.78 Å². The standard InChI is InChI=1S/C19H27F2NO3/c20-15-9-16(21)11-18(10-15)25-14-19(23)12-22(7-8-24-13-19)17-5-3-1-2-4-6-17/h9-11,17,23H,1-8,12-14H2/t19-/m0/s1. The molecule has 1 saturated carbocycles. The second-order valence-corrected chi connectivity index (χ2v) is 7.29. The van der Waals surface area contributed by atoms with E-state index in [1.807, 2.05) is 0 Å². The van der Waals surface area contributed by atoms with Gasteiger partial charge in [0.2, 0.25) is 0 Å². The molecule has 3 rings (SSSR count). The van der Waals surface area contributed by atoms with Crippen LogP contribution in [0.25, 0.3) is 0 Å². The summed E-state index contributed by atoms with van der Waals surface area (Å²) in [5.41, 5.74) is -1.19. The van der Waals surface area contributed by atoms with Gasteiger partial charge in [0, 0.05) is 37.3 Å². The van der Waals surface area contributed by atoms with E-state index in [1.165, 1.54) is 25.7 Å². The normalized spacial score (nSPS) is 26.8. The summed E-state index contributed by atoms with van der Waals surface area (Å²) in [4.78, 5) is 2.30. The van der Waals surface area contributed by atoms with Crippen LogP contribution in [-0.4, -0.2) is 54.6 Å². The van der Waals surface area contributed by atoms with E-state index >= 15 is 0 Å². The van der Waals surface area contributed by atoms with Crippen LogP contribution in [0.2, 0.25) is 0 Å². The second-order valence-electron chi connectivity index (χ2n) is 7.29.